The van der Waals surface area contributed by atoms with Crippen molar-refractivity contribution in [1.29, 1.82) is 0 Å². The minimum Gasteiger partial charge on any atom is -1.00 e. The van der Waals surface area contributed by atoms with E-state index in [0.717, 1.165) is 4.57 Å². The van der Waals surface area contributed by atoms with Gasteiger partial charge >= 0.3 is 28.7 Å². The van der Waals surface area contributed by atoms with Gasteiger partial charge in [-0.1, -0.05) is 26.9 Å². The fourth-order valence-electron chi connectivity index (χ4n) is 2.58. The molecule has 1 aliphatic rings. The molecule has 0 amide bonds. The third kappa shape index (κ3) is 5.68. The summed E-state index contributed by atoms with van der Waals surface area (Å²) < 4.78 is 14.3. The zero-order valence-corrected chi connectivity index (χ0v) is 20.4. The van der Waals surface area contributed by atoms with Gasteiger partial charge in [-0.3, -0.25) is 13.9 Å². The van der Waals surface area contributed by atoms with Gasteiger partial charge in [0.25, 0.3) is 5.56 Å². The van der Waals surface area contributed by atoms with E-state index < -0.39 is 32.4 Å². The van der Waals surface area contributed by atoms with Crippen LogP contribution in [0.1, 0.15) is 39.0 Å². The molecule has 2 rings (SSSR count). The first kappa shape index (κ1) is 26.8. The van der Waals surface area contributed by atoms with E-state index in [1.54, 1.807) is 6.92 Å². The fourth-order valence-corrected chi connectivity index (χ4v) is 3.59. The van der Waals surface area contributed by atoms with Crippen molar-refractivity contribution < 1.29 is 26.7 Å². The van der Waals surface area contributed by atoms with Crippen LogP contribution >= 0.6 is 0 Å². The van der Waals surface area contributed by atoms with Crippen molar-refractivity contribution in [2.24, 2.45) is 7.05 Å². The maximum absolute atomic E-state index is 12.4. The van der Waals surface area contributed by atoms with Gasteiger partial charge < -0.3 is 26.7 Å². The predicted molar refractivity (Wildman–Crippen MR) is 102 cm³/mol. The molecule has 1 aromatic rings. The van der Waals surface area contributed by atoms with Gasteiger partial charge in [-0.05, 0) is 31.5 Å². The smallest absolute Gasteiger partial charge is 1.00 e. The van der Waals surface area contributed by atoms with Gasteiger partial charge in [0.05, 0.1) is 12.7 Å². The van der Waals surface area contributed by atoms with Crippen LogP contribution in [-0.4, -0.2) is 59.3 Å². The number of hydrogen-bond donors (Lipinski definition) is 0. The molecule has 10 heteroatoms. The van der Waals surface area contributed by atoms with Crippen LogP contribution in [0.25, 0.3) is 0 Å². The molecule has 0 bridgehead atoms. The predicted octanol–water partition coefficient (Wildman–Crippen LogP) is -2.48. The first-order valence-electron chi connectivity index (χ1n) is 8.59. The number of aryl methyl sites for hydroxylation is 1. The standard InChI is InChI=1S/C17H29N2O5Si.ClH.Mg/c1-11-9-19(16(22)18(5)15(11)21)14-8-12(20)13(24-14)10-23-25(6,7)17(2,3)4;;/h9,12-14H,8,10H2,1-7H3;1H;/q-1;;+2/p-1/t12-,13+,14+;;/m0../s1. The largest absolute Gasteiger partial charge is 2.00 e. The first-order chi connectivity index (χ1) is 11.3. The SMILES string of the molecule is Cc1cn([C@H]2C[C@H]([O-])[C@@H](CO[Si](C)(C)C(C)(C)C)O2)c(=O)n(C)c1=O.[Cl-].[Mg+2]. The van der Waals surface area contributed by atoms with E-state index in [2.05, 4.69) is 33.9 Å². The topological polar surface area (TPSA) is 85.5 Å². The van der Waals surface area contributed by atoms with Gasteiger partial charge in [0.15, 0.2) is 8.32 Å². The Morgan fingerprint density at radius 1 is 1.33 bits per heavy atom. The normalized spacial score (nSPS) is 22.9. The zero-order valence-electron chi connectivity index (χ0n) is 17.2. The van der Waals surface area contributed by atoms with Gasteiger partial charge in [0.2, 0.25) is 0 Å². The molecular weight excluding hydrogens is 400 g/mol. The van der Waals surface area contributed by atoms with Crippen LogP contribution in [0.15, 0.2) is 15.8 Å². The van der Waals surface area contributed by atoms with Crippen LogP contribution in [0.2, 0.25) is 18.1 Å². The molecule has 150 valence electrons. The minimum absolute atomic E-state index is 0. The minimum atomic E-state index is -1.97. The Morgan fingerprint density at radius 2 is 1.89 bits per heavy atom. The summed E-state index contributed by atoms with van der Waals surface area (Å²) >= 11 is 0. The van der Waals surface area contributed by atoms with Crippen molar-refractivity contribution in [3.8, 4) is 0 Å². The molecule has 2 heterocycles. The summed E-state index contributed by atoms with van der Waals surface area (Å²) in [6, 6.07) is 0. The summed E-state index contributed by atoms with van der Waals surface area (Å²) in [5.41, 5.74) is -0.372. The fraction of sp³-hybridized carbons (Fsp3) is 0.765. The number of halogens is 1. The Hall–Kier alpha value is -0.167. The first-order valence-corrected chi connectivity index (χ1v) is 11.5. The molecule has 0 aliphatic carbocycles. The Balaban J connectivity index is 0.00000338. The molecule has 1 aromatic heterocycles. The second-order valence-electron chi connectivity index (χ2n) is 8.34. The monoisotopic (exact) mass is 428 g/mol. The molecule has 27 heavy (non-hydrogen) atoms. The molecule has 0 saturated carbocycles. The summed E-state index contributed by atoms with van der Waals surface area (Å²) in [6.45, 7) is 12.5. The van der Waals surface area contributed by atoms with Crippen molar-refractivity contribution >= 4 is 31.4 Å². The average molecular weight is 429 g/mol. The summed E-state index contributed by atoms with van der Waals surface area (Å²) in [7, 11) is -0.546. The van der Waals surface area contributed by atoms with Crippen molar-refractivity contribution in [1.82, 2.24) is 9.13 Å². The molecule has 1 aliphatic heterocycles. The molecule has 3 atom stereocenters. The Labute approximate surface area is 183 Å². The van der Waals surface area contributed by atoms with Crippen molar-refractivity contribution in [2.45, 2.75) is 70.7 Å². The van der Waals surface area contributed by atoms with E-state index in [4.69, 9.17) is 9.16 Å². The van der Waals surface area contributed by atoms with Crippen LogP contribution in [0.4, 0.5) is 0 Å². The van der Waals surface area contributed by atoms with Crippen LogP contribution in [0.5, 0.6) is 0 Å². The summed E-state index contributed by atoms with van der Waals surface area (Å²) in [5.74, 6) is 0. The summed E-state index contributed by atoms with van der Waals surface area (Å²) in [4.78, 5) is 24.1. The van der Waals surface area contributed by atoms with Crippen LogP contribution in [0, 0.1) is 6.92 Å². The Kier molecular flexibility index (Phi) is 9.50. The van der Waals surface area contributed by atoms with Gasteiger partial charge in [0.1, 0.15) is 6.23 Å². The van der Waals surface area contributed by atoms with E-state index in [0.29, 0.717) is 5.56 Å². The van der Waals surface area contributed by atoms with Crippen molar-refractivity contribution in [3.05, 3.63) is 32.6 Å². The second kappa shape index (κ2) is 9.55. The number of rotatable bonds is 4. The summed E-state index contributed by atoms with van der Waals surface area (Å²) in [5, 5.41) is 12.4. The molecule has 0 unspecified atom stereocenters. The Morgan fingerprint density at radius 3 is 2.41 bits per heavy atom. The molecule has 0 spiro atoms. The van der Waals surface area contributed by atoms with E-state index in [1.165, 1.54) is 17.8 Å². The van der Waals surface area contributed by atoms with Crippen LogP contribution in [-0.2, 0) is 16.2 Å². The van der Waals surface area contributed by atoms with E-state index in [-0.39, 0.29) is 59.1 Å². The zero-order chi connectivity index (χ0) is 19.2. The number of ether oxygens (including phenoxy) is 1. The van der Waals surface area contributed by atoms with Gasteiger partial charge in [-0.15, -0.1) is 0 Å². The van der Waals surface area contributed by atoms with Gasteiger partial charge in [0, 0.05) is 18.8 Å². The molecule has 0 N–H and O–H groups in total. The average Bonchev–Trinajstić information content (AvgIpc) is 2.86. The van der Waals surface area contributed by atoms with Gasteiger partial charge in [-0.25, -0.2) is 4.79 Å². The number of hydrogen-bond acceptors (Lipinski definition) is 5. The summed E-state index contributed by atoms with van der Waals surface area (Å²) in [6.07, 6.45) is -0.557. The van der Waals surface area contributed by atoms with E-state index in [9.17, 15) is 14.7 Å². The molecule has 1 fully saturated rings. The van der Waals surface area contributed by atoms with Gasteiger partial charge in [-0.2, -0.15) is 0 Å². The molecule has 7 nitrogen and oxygen atoms in total. The van der Waals surface area contributed by atoms with Crippen LogP contribution < -0.4 is 28.8 Å². The maximum atomic E-state index is 12.4. The van der Waals surface area contributed by atoms with Crippen molar-refractivity contribution in [2.75, 3.05) is 6.61 Å². The molecule has 1 saturated heterocycles. The third-order valence-corrected chi connectivity index (χ3v) is 9.89. The molecule has 0 aromatic carbocycles. The molecular formula is C17H29ClMgN2O5Si. The molecule has 0 radical (unpaired) electrons. The van der Waals surface area contributed by atoms with Crippen molar-refractivity contribution in [3.63, 3.8) is 0 Å². The maximum Gasteiger partial charge on any atom is 2.00 e. The Bertz CT molecular complexity index is 759. The van der Waals surface area contributed by atoms with Crippen LogP contribution in [0.3, 0.4) is 0 Å². The number of aromatic nitrogens is 2. The quantitative estimate of drug-likeness (QED) is 0.495. The van der Waals surface area contributed by atoms with E-state index in [1.807, 2.05) is 0 Å². The number of nitrogens with zero attached hydrogens (tertiary/aromatic N) is 2. The van der Waals surface area contributed by atoms with E-state index >= 15 is 0 Å². The third-order valence-electron chi connectivity index (χ3n) is 5.39. The second-order valence-corrected chi connectivity index (χ2v) is 13.2.